The van der Waals surface area contributed by atoms with E-state index in [0.717, 1.165) is 6.07 Å². The van der Waals surface area contributed by atoms with E-state index in [1.165, 1.54) is 19.2 Å². The minimum absolute atomic E-state index is 0.0428. The van der Waals surface area contributed by atoms with Gasteiger partial charge in [-0.2, -0.15) is 18.4 Å². The normalized spacial score (nSPS) is 11.5. The summed E-state index contributed by atoms with van der Waals surface area (Å²) in [4.78, 5) is 0. The minimum atomic E-state index is -4.51. The number of halogens is 3. The van der Waals surface area contributed by atoms with Gasteiger partial charge < -0.3 is 4.74 Å². The van der Waals surface area contributed by atoms with E-state index < -0.39 is 11.7 Å². The summed E-state index contributed by atoms with van der Waals surface area (Å²) < 4.78 is 43.3. The number of nitrogens with one attached hydrogen (secondary N) is 1. The van der Waals surface area contributed by atoms with Crippen molar-refractivity contribution in [2.45, 2.75) is 6.18 Å². The maximum absolute atomic E-state index is 12.8. The second-order valence-electron chi connectivity index (χ2n) is 3.12. The topological polar surface area (TPSA) is 63.7 Å². The van der Waals surface area contributed by atoms with Crippen LogP contribution < -0.4 is 4.74 Å². The number of tetrazole rings is 1. The summed E-state index contributed by atoms with van der Waals surface area (Å²) in [6.07, 6.45) is -4.51. The Labute approximate surface area is 93.6 Å². The average Bonchev–Trinajstić information content (AvgIpc) is 2.80. The lowest BCUT2D eigenvalue weighted by molar-refractivity contribution is -0.137. The first kappa shape index (κ1) is 11.4. The third-order valence-corrected chi connectivity index (χ3v) is 2.12. The summed E-state index contributed by atoms with van der Waals surface area (Å²) >= 11 is 0. The van der Waals surface area contributed by atoms with Gasteiger partial charge in [0.1, 0.15) is 5.75 Å². The molecule has 1 heterocycles. The van der Waals surface area contributed by atoms with Crippen molar-refractivity contribution in [3.8, 4) is 17.1 Å². The third-order valence-electron chi connectivity index (χ3n) is 2.12. The molecule has 90 valence electrons. The van der Waals surface area contributed by atoms with Gasteiger partial charge in [0.25, 0.3) is 0 Å². The number of ether oxygens (including phenoxy) is 1. The predicted octanol–water partition coefficient (Wildman–Crippen LogP) is 1.89. The fraction of sp³-hybridized carbons (Fsp3) is 0.222. The highest BCUT2D eigenvalue weighted by atomic mass is 19.4. The summed E-state index contributed by atoms with van der Waals surface area (Å²) in [6, 6.07) is 3.60. The van der Waals surface area contributed by atoms with Crippen LogP contribution >= 0.6 is 0 Å². The maximum atomic E-state index is 12.8. The summed E-state index contributed by atoms with van der Waals surface area (Å²) in [6.45, 7) is 0. The lowest BCUT2D eigenvalue weighted by Crippen LogP contribution is -2.08. The first-order valence-electron chi connectivity index (χ1n) is 4.52. The Morgan fingerprint density at radius 3 is 2.59 bits per heavy atom. The number of alkyl halides is 3. The summed E-state index contributed by atoms with van der Waals surface area (Å²) in [5, 5.41) is 12.4. The van der Waals surface area contributed by atoms with E-state index in [1.54, 1.807) is 0 Å². The lowest BCUT2D eigenvalue weighted by atomic mass is 10.1. The molecule has 1 aromatic carbocycles. The van der Waals surface area contributed by atoms with Crippen LogP contribution in [0.15, 0.2) is 18.2 Å². The molecule has 0 saturated carbocycles. The quantitative estimate of drug-likeness (QED) is 0.876. The van der Waals surface area contributed by atoms with Crippen molar-refractivity contribution in [1.82, 2.24) is 20.6 Å². The molecule has 0 aliphatic heterocycles. The Bertz CT molecular complexity index is 509. The van der Waals surface area contributed by atoms with E-state index in [-0.39, 0.29) is 17.1 Å². The Kier molecular flexibility index (Phi) is 2.70. The van der Waals surface area contributed by atoms with E-state index in [4.69, 9.17) is 4.74 Å². The zero-order valence-electron chi connectivity index (χ0n) is 8.62. The standard InChI is InChI=1S/C9H7F3N4O/c1-17-6-4-2-3-5(9(10,11)12)7(6)8-13-15-16-14-8/h2-4H,1H3,(H,13,14,15,16). The molecule has 0 amide bonds. The molecule has 0 fully saturated rings. The summed E-state index contributed by atoms with van der Waals surface area (Å²) in [5.74, 6) is -0.115. The van der Waals surface area contributed by atoms with Crippen molar-refractivity contribution in [3.05, 3.63) is 23.8 Å². The first-order chi connectivity index (χ1) is 8.04. The van der Waals surface area contributed by atoms with E-state index >= 15 is 0 Å². The molecular weight excluding hydrogens is 237 g/mol. The molecule has 8 heteroatoms. The summed E-state index contributed by atoms with van der Waals surface area (Å²) in [5.41, 5.74) is -1.09. The largest absolute Gasteiger partial charge is 0.496 e. The van der Waals surface area contributed by atoms with E-state index in [9.17, 15) is 13.2 Å². The molecule has 0 aliphatic carbocycles. The first-order valence-corrected chi connectivity index (χ1v) is 4.52. The van der Waals surface area contributed by atoms with Gasteiger partial charge in [-0.3, -0.25) is 0 Å². The van der Waals surface area contributed by atoms with Gasteiger partial charge in [-0.25, -0.2) is 0 Å². The molecular formula is C9H7F3N4O. The van der Waals surface area contributed by atoms with Gasteiger partial charge in [-0.1, -0.05) is 6.07 Å². The fourth-order valence-corrected chi connectivity index (χ4v) is 1.44. The van der Waals surface area contributed by atoms with Crippen LogP contribution in [0.5, 0.6) is 5.75 Å². The van der Waals surface area contributed by atoms with Gasteiger partial charge >= 0.3 is 6.18 Å². The Hall–Kier alpha value is -2.12. The summed E-state index contributed by atoms with van der Waals surface area (Å²) in [7, 11) is 1.28. The van der Waals surface area contributed by atoms with Crippen LogP contribution in [0.1, 0.15) is 5.56 Å². The van der Waals surface area contributed by atoms with Crippen molar-refractivity contribution in [3.63, 3.8) is 0 Å². The number of methoxy groups -OCH3 is 1. The second-order valence-corrected chi connectivity index (χ2v) is 3.12. The van der Waals surface area contributed by atoms with Crippen molar-refractivity contribution < 1.29 is 17.9 Å². The monoisotopic (exact) mass is 244 g/mol. The molecule has 0 aliphatic rings. The van der Waals surface area contributed by atoms with E-state index in [1.807, 2.05) is 0 Å². The van der Waals surface area contributed by atoms with Crippen LogP contribution in [0.4, 0.5) is 13.2 Å². The highest BCUT2D eigenvalue weighted by Crippen LogP contribution is 2.40. The Morgan fingerprint density at radius 2 is 2.06 bits per heavy atom. The second kappa shape index (κ2) is 4.04. The number of nitrogens with zero attached hydrogens (tertiary/aromatic N) is 3. The molecule has 0 atom stereocenters. The van der Waals surface area contributed by atoms with Crippen LogP contribution in [0.3, 0.4) is 0 Å². The van der Waals surface area contributed by atoms with Crippen LogP contribution in [-0.2, 0) is 6.18 Å². The molecule has 1 aromatic heterocycles. The van der Waals surface area contributed by atoms with Gasteiger partial charge in [0, 0.05) is 0 Å². The number of aromatic nitrogens is 4. The predicted molar refractivity (Wildman–Crippen MR) is 51.2 cm³/mol. The van der Waals surface area contributed by atoms with E-state index in [2.05, 4.69) is 20.6 Å². The molecule has 0 radical (unpaired) electrons. The van der Waals surface area contributed by atoms with Crippen molar-refractivity contribution in [2.75, 3.05) is 7.11 Å². The molecule has 5 nitrogen and oxygen atoms in total. The van der Waals surface area contributed by atoms with Gasteiger partial charge in [0.05, 0.1) is 18.2 Å². The van der Waals surface area contributed by atoms with Crippen molar-refractivity contribution in [2.24, 2.45) is 0 Å². The fourth-order valence-electron chi connectivity index (χ4n) is 1.44. The smallest absolute Gasteiger partial charge is 0.417 e. The molecule has 2 rings (SSSR count). The van der Waals surface area contributed by atoms with Crippen LogP contribution in [-0.4, -0.2) is 27.7 Å². The minimum Gasteiger partial charge on any atom is -0.496 e. The molecule has 0 saturated heterocycles. The van der Waals surface area contributed by atoms with Gasteiger partial charge in [0.15, 0.2) is 0 Å². The number of hydrogen-bond donors (Lipinski definition) is 1. The third kappa shape index (κ3) is 2.05. The number of benzene rings is 1. The molecule has 2 aromatic rings. The van der Waals surface area contributed by atoms with Gasteiger partial charge in [-0.15, -0.1) is 10.2 Å². The molecule has 0 bridgehead atoms. The molecule has 1 N–H and O–H groups in total. The van der Waals surface area contributed by atoms with Gasteiger partial charge in [-0.05, 0) is 17.3 Å². The maximum Gasteiger partial charge on any atom is 0.417 e. The number of aromatic amines is 1. The zero-order valence-corrected chi connectivity index (χ0v) is 8.62. The van der Waals surface area contributed by atoms with Gasteiger partial charge in [0.2, 0.25) is 5.82 Å². The Morgan fingerprint density at radius 1 is 1.29 bits per heavy atom. The van der Waals surface area contributed by atoms with Crippen molar-refractivity contribution in [1.29, 1.82) is 0 Å². The Balaban J connectivity index is 2.69. The van der Waals surface area contributed by atoms with E-state index in [0.29, 0.717) is 0 Å². The average molecular weight is 244 g/mol. The molecule has 0 spiro atoms. The van der Waals surface area contributed by atoms with Crippen LogP contribution in [0.2, 0.25) is 0 Å². The SMILES string of the molecule is COc1cccc(C(F)(F)F)c1-c1nn[nH]n1. The van der Waals surface area contributed by atoms with Crippen LogP contribution in [0.25, 0.3) is 11.4 Å². The highest BCUT2D eigenvalue weighted by molar-refractivity contribution is 5.68. The zero-order chi connectivity index (χ0) is 12.5. The molecule has 17 heavy (non-hydrogen) atoms. The number of hydrogen-bond acceptors (Lipinski definition) is 4. The molecule has 0 unspecified atom stereocenters. The van der Waals surface area contributed by atoms with Crippen molar-refractivity contribution >= 4 is 0 Å². The lowest BCUT2D eigenvalue weighted by Gasteiger charge is -2.13. The van der Waals surface area contributed by atoms with Crippen LogP contribution in [0, 0.1) is 0 Å². The number of rotatable bonds is 2. The number of H-pyrrole nitrogens is 1. The highest BCUT2D eigenvalue weighted by Gasteiger charge is 2.36.